The topological polar surface area (TPSA) is 59.4 Å². The molecule has 0 saturated heterocycles. The number of hydrogen-bond donors (Lipinski definition) is 1. The minimum atomic E-state index is -0.657. The van der Waals surface area contributed by atoms with Gasteiger partial charge in [-0.3, -0.25) is 9.78 Å². The van der Waals surface area contributed by atoms with Gasteiger partial charge in [-0.15, -0.1) is 0 Å². The molecule has 2 aromatic carbocycles. The average molecular weight is 540 g/mol. The predicted octanol–water partition coefficient (Wildman–Crippen LogP) is 8.29. The number of aliphatic hydroxyl groups is 1. The summed E-state index contributed by atoms with van der Waals surface area (Å²) in [5.74, 6) is -0.228. The monoisotopic (exact) mass is 539 g/mol. The molecule has 1 heterocycles. The number of pyridine rings is 1. The fourth-order valence-corrected chi connectivity index (χ4v) is 6.28. The molecule has 0 spiro atoms. The third kappa shape index (κ3) is 6.55. The van der Waals surface area contributed by atoms with E-state index in [9.17, 15) is 9.90 Å². The van der Waals surface area contributed by atoms with Crippen LogP contribution in [-0.4, -0.2) is 28.3 Å². The Labute approximate surface area is 240 Å². The Bertz CT molecular complexity index is 1330. The second kappa shape index (κ2) is 13.0. The molecule has 40 heavy (non-hydrogen) atoms. The van der Waals surface area contributed by atoms with Gasteiger partial charge in [-0.1, -0.05) is 87.7 Å². The van der Waals surface area contributed by atoms with Gasteiger partial charge in [-0.25, -0.2) is 0 Å². The SMILES string of the molecule is CCOC(=O)Cc1ccc(-c2ccc(C(CC)(CC)c3ccc(C=CC4(O)CCCCC4)c(C)c3)cc2C)nc1. The Morgan fingerprint density at radius 2 is 1.62 bits per heavy atom. The molecule has 3 aromatic rings. The summed E-state index contributed by atoms with van der Waals surface area (Å²) in [4.78, 5) is 16.5. The molecular weight excluding hydrogens is 494 g/mol. The van der Waals surface area contributed by atoms with E-state index in [4.69, 9.17) is 4.74 Å². The summed E-state index contributed by atoms with van der Waals surface area (Å²) < 4.78 is 5.06. The summed E-state index contributed by atoms with van der Waals surface area (Å²) in [5, 5.41) is 10.9. The van der Waals surface area contributed by atoms with Crippen LogP contribution in [0.2, 0.25) is 0 Å². The van der Waals surface area contributed by atoms with Gasteiger partial charge in [0.2, 0.25) is 0 Å². The van der Waals surface area contributed by atoms with Crippen molar-refractivity contribution in [3.63, 3.8) is 0 Å². The first kappa shape index (κ1) is 29.7. The fraction of sp³-hybridized carbons (Fsp3) is 0.444. The molecule has 0 unspecified atom stereocenters. The van der Waals surface area contributed by atoms with Gasteiger partial charge in [0.05, 0.1) is 24.3 Å². The summed E-state index contributed by atoms with van der Waals surface area (Å²) in [7, 11) is 0. The lowest BCUT2D eigenvalue weighted by Gasteiger charge is -2.34. The van der Waals surface area contributed by atoms with Crippen molar-refractivity contribution >= 4 is 12.0 Å². The second-order valence-corrected chi connectivity index (χ2v) is 11.4. The van der Waals surface area contributed by atoms with Crippen LogP contribution in [0.1, 0.15) is 99.1 Å². The number of hydrogen-bond acceptors (Lipinski definition) is 4. The highest BCUT2D eigenvalue weighted by molar-refractivity contribution is 5.73. The Morgan fingerprint density at radius 1 is 0.950 bits per heavy atom. The molecule has 0 atom stereocenters. The summed E-state index contributed by atoms with van der Waals surface area (Å²) in [6.45, 7) is 11.1. The number of benzene rings is 2. The first-order valence-corrected chi connectivity index (χ1v) is 15.0. The zero-order valence-electron chi connectivity index (χ0n) is 24.9. The number of aryl methyl sites for hydroxylation is 2. The number of carbonyl (C=O) groups is 1. The molecule has 1 saturated carbocycles. The molecule has 4 heteroatoms. The highest BCUT2D eigenvalue weighted by Gasteiger charge is 2.31. The molecule has 0 aliphatic heterocycles. The van der Waals surface area contributed by atoms with Gasteiger partial charge in [0, 0.05) is 17.2 Å². The van der Waals surface area contributed by atoms with Gasteiger partial charge in [-0.2, -0.15) is 0 Å². The highest BCUT2D eigenvalue weighted by Crippen LogP contribution is 2.41. The summed E-state index contributed by atoms with van der Waals surface area (Å²) >= 11 is 0. The zero-order chi connectivity index (χ0) is 28.8. The van der Waals surface area contributed by atoms with Crippen LogP contribution in [0.25, 0.3) is 17.3 Å². The molecule has 212 valence electrons. The number of esters is 1. The van der Waals surface area contributed by atoms with Crippen molar-refractivity contribution in [2.24, 2.45) is 0 Å². The number of ether oxygens (including phenoxy) is 1. The van der Waals surface area contributed by atoms with E-state index < -0.39 is 5.60 Å². The van der Waals surface area contributed by atoms with Gasteiger partial charge in [0.1, 0.15) is 0 Å². The van der Waals surface area contributed by atoms with Crippen molar-refractivity contribution in [2.75, 3.05) is 6.61 Å². The van der Waals surface area contributed by atoms with Gasteiger partial charge in [0.15, 0.2) is 0 Å². The van der Waals surface area contributed by atoms with E-state index >= 15 is 0 Å². The van der Waals surface area contributed by atoms with Crippen LogP contribution in [0.4, 0.5) is 0 Å². The van der Waals surface area contributed by atoms with Gasteiger partial charge >= 0.3 is 5.97 Å². The standard InChI is InChI=1S/C36H45NO3/c1-6-36(7-2,30-14-13-29(26(4)22-30)18-21-35(39)19-10-9-11-20-35)31-15-16-32(27(5)23-31)33-17-12-28(25-37-33)24-34(38)40-8-3/h12-18,21-23,25,39H,6-11,19-20,24H2,1-5H3. The maximum absolute atomic E-state index is 11.8. The lowest BCUT2D eigenvalue weighted by atomic mass is 9.69. The smallest absolute Gasteiger partial charge is 0.310 e. The van der Waals surface area contributed by atoms with Crippen molar-refractivity contribution in [2.45, 2.75) is 97.0 Å². The summed E-state index contributed by atoms with van der Waals surface area (Å²) in [6.07, 6.45) is 13.3. The first-order chi connectivity index (χ1) is 19.2. The van der Waals surface area contributed by atoms with E-state index in [0.29, 0.717) is 6.61 Å². The fourth-order valence-electron chi connectivity index (χ4n) is 6.28. The van der Waals surface area contributed by atoms with Crippen molar-refractivity contribution in [1.82, 2.24) is 4.98 Å². The third-order valence-electron chi connectivity index (χ3n) is 8.86. The normalized spacial score (nSPS) is 15.3. The van der Waals surface area contributed by atoms with E-state index in [-0.39, 0.29) is 17.8 Å². The first-order valence-electron chi connectivity index (χ1n) is 15.0. The summed E-state index contributed by atoms with van der Waals surface area (Å²) in [5.41, 5.74) is 8.36. The van der Waals surface area contributed by atoms with E-state index in [1.54, 1.807) is 6.20 Å². The molecule has 1 aromatic heterocycles. The number of carbonyl (C=O) groups excluding carboxylic acids is 1. The highest BCUT2D eigenvalue weighted by atomic mass is 16.5. The van der Waals surface area contributed by atoms with E-state index in [1.807, 2.05) is 25.1 Å². The van der Waals surface area contributed by atoms with Crippen LogP contribution in [0.5, 0.6) is 0 Å². The molecule has 0 amide bonds. The lowest BCUT2D eigenvalue weighted by Crippen LogP contribution is -2.28. The van der Waals surface area contributed by atoms with E-state index in [2.05, 4.69) is 75.2 Å². The molecule has 1 fully saturated rings. The van der Waals surface area contributed by atoms with Crippen LogP contribution in [-0.2, 0) is 21.4 Å². The molecular formula is C36H45NO3. The maximum Gasteiger partial charge on any atom is 0.310 e. The Hall–Kier alpha value is -3.24. The minimum Gasteiger partial charge on any atom is -0.466 e. The zero-order valence-corrected chi connectivity index (χ0v) is 24.9. The van der Waals surface area contributed by atoms with Crippen molar-refractivity contribution < 1.29 is 14.6 Å². The number of aromatic nitrogens is 1. The minimum absolute atomic E-state index is 0.0885. The molecule has 1 aliphatic rings. The van der Waals surface area contributed by atoms with Crippen LogP contribution in [0, 0.1) is 13.8 Å². The quantitative estimate of drug-likeness (QED) is 0.263. The third-order valence-corrected chi connectivity index (χ3v) is 8.86. The molecule has 0 radical (unpaired) electrons. The molecule has 1 aliphatic carbocycles. The van der Waals surface area contributed by atoms with Crippen LogP contribution >= 0.6 is 0 Å². The predicted molar refractivity (Wildman–Crippen MR) is 164 cm³/mol. The lowest BCUT2D eigenvalue weighted by molar-refractivity contribution is -0.142. The molecule has 4 nitrogen and oxygen atoms in total. The van der Waals surface area contributed by atoms with Crippen molar-refractivity contribution in [1.29, 1.82) is 0 Å². The summed E-state index contributed by atoms with van der Waals surface area (Å²) in [6, 6.07) is 17.5. The maximum atomic E-state index is 11.8. The molecule has 1 N–H and O–H groups in total. The van der Waals surface area contributed by atoms with Crippen molar-refractivity contribution in [3.05, 3.63) is 94.2 Å². The Balaban J connectivity index is 1.59. The van der Waals surface area contributed by atoms with E-state index in [0.717, 1.165) is 55.3 Å². The average Bonchev–Trinajstić information content (AvgIpc) is 2.95. The van der Waals surface area contributed by atoms with Gasteiger partial charge < -0.3 is 9.84 Å². The van der Waals surface area contributed by atoms with Gasteiger partial charge in [-0.05, 0) is 85.9 Å². The second-order valence-electron chi connectivity index (χ2n) is 11.4. The van der Waals surface area contributed by atoms with Crippen LogP contribution in [0.15, 0.2) is 60.8 Å². The van der Waals surface area contributed by atoms with Gasteiger partial charge in [0.25, 0.3) is 0 Å². The van der Waals surface area contributed by atoms with Crippen LogP contribution < -0.4 is 0 Å². The Morgan fingerprint density at radius 3 is 2.20 bits per heavy atom. The Kier molecular flexibility index (Phi) is 9.63. The van der Waals surface area contributed by atoms with E-state index in [1.165, 1.54) is 34.2 Å². The molecule has 0 bridgehead atoms. The number of nitrogens with zero attached hydrogens (tertiary/aromatic N) is 1. The van der Waals surface area contributed by atoms with Crippen LogP contribution in [0.3, 0.4) is 0 Å². The largest absolute Gasteiger partial charge is 0.466 e. The molecule has 4 rings (SSSR count). The number of rotatable bonds is 10. The van der Waals surface area contributed by atoms with Crippen molar-refractivity contribution in [3.8, 4) is 11.3 Å².